The summed E-state index contributed by atoms with van der Waals surface area (Å²) < 4.78 is 5.11. The molecule has 3 aliphatic carbocycles. The molecule has 0 bridgehead atoms. The zero-order valence-electron chi connectivity index (χ0n) is 16.3. The van der Waals surface area contributed by atoms with E-state index in [2.05, 4.69) is 6.92 Å². The van der Waals surface area contributed by atoms with Crippen molar-refractivity contribution in [3.05, 3.63) is 11.6 Å². The number of carboxylic acids is 1. The van der Waals surface area contributed by atoms with E-state index in [9.17, 15) is 24.9 Å². The van der Waals surface area contributed by atoms with E-state index in [1.54, 1.807) is 19.9 Å². The van der Waals surface area contributed by atoms with E-state index >= 15 is 0 Å². The van der Waals surface area contributed by atoms with E-state index in [0.717, 1.165) is 12.0 Å². The molecule has 7 atom stereocenters. The molecule has 0 saturated heterocycles. The Balaban J connectivity index is 1.73. The van der Waals surface area contributed by atoms with Gasteiger partial charge in [0.05, 0.1) is 16.6 Å². The summed E-state index contributed by atoms with van der Waals surface area (Å²) >= 11 is 0. The topological polar surface area (TPSA) is 104 Å². The van der Waals surface area contributed by atoms with Gasteiger partial charge >= 0.3 is 11.9 Å². The van der Waals surface area contributed by atoms with E-state index in [4.69, 9.17) is 4.74 Å². The van der Waals surface area contributed by atoms with Gasteiger partial charge in [-0.05, 0) is 75.7 Å². The molecule has 0 unspecified atom stereocenters. The Morgan fingerprint density at radius 3 is 2.33 bits per heavy atom. The van der Waals surface area contributed by atoms with Gasteiger partial charge in [0, 0.05) is 11.5 Å². The third-order valence-corrected chi connectivity index (χ3v) is 9.02. The lowest BCUT2D eigenvalue weighted by molar-refractivity contribution is -0.236. The zero-order chi connectivity index (χ0) is 19.8. The predicted molar refractivity (Wildman–Crippen MR) is 96.6 cm³/mol. The second-order valence-electron chi connectivity index (χ2n) is 9.83. The molecule has 0 amide bonds. The van der Waals surface area contributed by atoms with Crippen molar-refractivity contribution in [3.63, 3.8) is 0 Å². The molecule has 6 heteroatoms. The van der Waals surface area contributed by atoms with Gasteiger partial charge in [0.1, 0.15) is 6.61 Å². The average molecular weight is 378 g/mol. The highest BCUT2D eigenvalue weighted by Crippen LogP contribution is 2.68. The second kappa shape index (κ2) is 5.57. The molecule has 1 heterocycles. The Hall–Kier alpha value is -1.40. The Bertz CT molecular complexity index is 726. The number of carboxylic acid groups (broad SMARTS) is 1. The van der Waals surface area contributed by atoms with E-state index in [-0.39, 0.29) is 23.7 Å². The van der Waals surface area contributed by atoms with Crippen molar-refractivity contribution in [2.45, 2.75) is 70.5 Å². The zero-order valence-corrected chi connectivity index (χ0v) is 16.3. The van der Waals surface area contributed by atoms with E-state index in [0.29, 0.717) is 38.7 Å². The van der Waals surface area contributed by atoms with Crippen molar-refractivity contribution >= 4 is 11.9 Å². The van der Waals surface area contributed by atoms with Gasteiger partial charge in [0.15, 0.2) is 0 Å². The van der Waals surface area contributed by atoms with Crippen molar-refractivity contribution < 1.29 is 29.6 Å². The van der Waals surface area contributed by atoms with Crippen LogP contribution in [0.3, 0.4) is 0 Å². The lowest BCUT2D eigenvalue weighted by Crippen LogP contribution is -2.67. The quantitative estimate of drug-likeness (QED) is 0.637. The Labute approximate surface area is 159 Å². The minimum Gasteiger partial charge on any atom is -0.481 e. The van der Waals surface area contributed by atoms with Gasteiger partial charge in [-0.1, -0.05) is 6.92 Å². The molecule has 0 radical (unpaired) electrons. The molecular weight excluding hydrogens is 348 g/mol. The standard InChI is InChI=1S/C21H30O6/c1-18-7-4-14-15(5-8-19(2,25)20(14,3)17(23)24)21(18,26)9-6-13(18)12-10-16(22)27-11-12/h10,13-15,25-26H,4-9,11H2,1-3H3,(H,23,24)/t13-,14-,15+,18+,19-,20+,21-/m0/s1. The summed E-state index contributed by atoms with van der Waals surface area (Å²) in [6, 6.07) is 0. The van der Waals surface area contributed by atoms with Gasteiger partial charge in [-0.2, -0.15) is 0 Å². The number of esters is 1. The number of aliphatic hydroxyl groups is 2. The number of fused-ring (bicyclic) bond motifs is 3. The van der Waals surface area contributed by atoms with Crippen LogP contribution in [0.4, 0.5) is 0 Å². The highest BCUT2D eigenvalue weighted by Gasteiger charge is 2.70. The molecule has 3 saturated carbocycles. The SMILES string of the molecule is C[C@]1(O)CC[C@@H]2[C@H](CC[C@]3(C)[C@H](C4=CC(=O)OC4)CC[C@]23O)[C@]1(C)C(=O)O. The van der Waals surface area contributed by atoms with Crippen molar-refractivity contribution in [2.75, 3.05) is 6.61 Å². The Morgan fingerprint density at radius 1 is 1.07 bits per heavy atom. The molecule has 0 aromatic heterocycles. The molecular formula is C21H30O6. The fourth-order valence-corrected chi connectivity index (χ4v) is 7.06. The molecule has 27 heavy (non-hydrogen) atoms. The summed E-state index contributed by atoms with van der Waals surface area (Å²) in [6.45, 7) is 5.66. The largest absolute Gasteiger partial charge is 0.481 e. The van der Waals surface area contributed by atoms with Gasteiger partial charge in [-0.25, -0.2) is 4.79 Å². The number of carbonyl (C=O) groups is 2. The molecule has 0 spiro atoms. The van der Waals surface area contributed by atoms with Crippen LogP contribution in [0, 0.1) is 28.6 Å². The molecule has 4 aliphatic rings. The van der Waals surface area contributed by atoms with Crippen LogP contribution in [0.15, 0.2) is 11.6 Å². The Morgan fingerprint density at radius 2 is 1.74 bits per heavy atom. The highest BCUT2D eigenvalue weighted by molar-refractivity contribution is 5.85. The lowest BCUT2D eigenvalue weighted by Gasteiger charge is -2.62. The van der Waals surface area contributed by atoms with E-state index in [1.165, 1.54) is 0 Å². The fraction of sp³-hybridized carbons (Fsp3) is 0.810. The van der Waals surface area contributed by atoms with Crippen LogP contribution in [0.25, 0.3) is 0 Å². The first-order chi connectivity index (χ1) is 12.5. The number of cyclic esters (lactones) is 1. The first kappa shape index (κ1) is 18.9. The van der Waals surface area contributed by atoms with Crippen molar-refractivity contribution in [1.82, 2.24) is 0 Å². The number of ether oxygens (including phenoxy) is 1. The predicted octanol–water partition coefficient (Wildman–Crippen LogP) is 2.28. The molecule has 0 aromatic carbocycles. The molecule has 3 fully saturated rings. The third kappa shape index (κ3) is 2.20. The summed E-state index contributed by atoms with van der Waals surface area (Å²) in [5, 5.41) is 32.8. The summed E-state index contributed by atoms with van der Waals surface area (Å²) in [7, 11) is 0. The molecule has 6 nitrogen and oxygen atoms in total. The van der Waals surface area contributed by atoms with Crippen LogP contribution in [0.2, 0.25) is 0 Å². The van der Waals surface area contributed by atoms with Gasteiger partial charge in [-0.15, -0.1) is 0 Å². The second-order valence-corrected chi connectivity index (χ2v) is 9.83. The van der Waals surface area contributed by atoms with Crippen LogP contribution in [0.5, 0.6) is 0 Å². The van der Waals surface area contributed by atoms with Gasteiger partial charge < -0.3 is 20.1 Å². The number of hydrogen-bond acceptors (Lipinski definition) is 5. The normalized spacial score (nSPS) is 52.0. The molecule has 4 rings (SSSR count). The summed E-state index contributed by atoms with van der Waals surface area (Å²) in [5.41, 5.74) is -3.01. The number of carbonyl (C=O) groups excluding carboxylic acids is 1. The Kier molecular flexibility index (Phi) is 3.91. The maximum atomic E-state index is 12.2. The van der Waals surface area contributed by atoms with Gasteiger partial charge in [-0.3, -0.25) is 4.79 Å². The minimum atomic E-state index is -1.30. The van der Waals surface area contributed by atoms with E-state index < -0.39 is 28.0 Å². The van der Waals surface area contributed by atoms with Gasteiger partial charge in [0.2, 0.25) is 0 Å². The maximum Gasteiger partial charge on any atom is 0.331 e. The van der Waals surface area contributed by atoms with Crippen LogP contribution >= 0.6 is 0 Å². The van der Waals surface area contributed by atoms with Crippen LogP contribution in [-0.4, -0.2) is 45.1 Å². The maximum absolute atomic E-state index is 12.2. The van der Waals surface area contributed by atoms with E-state index in [1.807, 2.05) is 0 Å². The van der Waals surface area contributed by atoms with Crippen molar-refractivity contribution in [2.24, 2.45) is 28.6 Å². The molecule has 3 N–H and O–H groups in total. The summed E-state index contributed by atoms with van der Waals surface area (Å²) in [6.07, 6.45) is 5.26. The smallest absolute Gasteiger partial charge is 0.331 e. The lowest BCUT2D eigenvalue weighted by atomic mass is 9.44. The highest BCUT2D eigenvalue weighted by atomic mass is 16.5. The van der Waals surface area contributed by atoms with Crippen LogP contribution in [-0.2, 0) is 14.3 Å². The first-order valence-corrected chi connectivity index (χ1v) is 10.0. The van der Waals surface area contributed by atoms with Crippen LogP contribution in [0.1, 0.15) is 59.3 Å². The third-order valence-electron chi connectivity index (χ3n) is 9.02. The first-order valence-electron chi connectivity index (χ1n) is 10.0. The average Bonchev–Trinajstić information content (AvgIpc) is 3.11. The fourth-order valence-electron chi connectivity index (χ4n) is 7.06. The van der Waals surface area contributed by atoms with Gasteiger partial charge in [0.25, 0.3) is 0 Å². The summed E-state index contributed by atoms with van der Waals surface area (Å²) in [5.74, 6) is -1.66. The number of rotatable bonds is 2. The monoisotopic (exact) mass is 378 g/mol. The summed E-state index contributed by atoms with van der Waals surface area (Å²) in [4.78, 5) is 23.8. The van der Waals surface area contributed by atoms with Crippen molar-refractivity contribution in [1.29, 1.82) is 0 Å². The number of hydrogen-bond donors (Lipinski definition) is 3. The molecule has 1 aliphatic heterocycles. The van der Waals surface area contributed by atoms with Crippen molar-refractivity contribution in [3.8, 4) is 0 Å². The minimum absolute atomic E-state index is 0.0772. The molecule has 0 aromatic rings. The molecule has 150 valence electrons. The van der Waals surface area contributed by atoms with Crippen LogP contribution < -0.4 is 0 Å². The number of aliphatic carboxylic acids is 1.